The molecule has 0 aliphatic heterocycles. The van der Waals surface area contributed by atoms with Crippen LogP contribution in [-0.4, -0.2) is 11.7 Å². The molecule has 4 heteroatoms. The summed E-state index contributed by atoms with van der Waals surface area (Å²) >= 11 is 9.50. The molecule has 0 spiro atoms. The van der Waals surface area contributed by atoms with E-state index in [9.17, 15) is 5.11 Å². The Balaban J connectivity index is 2.24. The summed E-state index contributed by atoms with van der Waals surface area (Å²) < 4.78 is 0.926. The standard InChI is InChI=1S/C15H15BrClNO/c1-10-2-5-12(6-3-10)18-15(9-19)13-8-11(17)4-7-14(13)16/h2-8,15,18-19H,9H2,1H3. The monoisotopic (exact) mass is 339 g/mol. The number of nitrogens with one attached hydrogen (secondary N) is 1. The fourth-order valence-corrected chi connectivity index (χ4v) is 2.56. The minimum atomic E-state index is -0.198. The lowest BCUT2D eigenvalue weighted by Gasteiger charge is -2.19. The predicted molar refractivity (Wildman–Crippen MR) is 83.8 cm³/mol. The molecule has 0 saturated carbocycles. The number of rotatable bonds is 4. The molecule has 0 aliphatic carbocycles. The van der Waals surface area contributed by atoms with Crippen LogP contribution in [0.4, 0.5) is 5.69 Å². The summed E-state index contributed by atoms with van der Waals surface area (Å²) in [6.07, 6.45) is 0. The smallest absolute Gasteiger partial charge is 0.0756 e. The second kappa shape index (κ2) is 6.42. The molecule has 2 nitrogen and oxygen atoms in total. The van der Waals surface area contributed by atoms with E-state index in [1.807, 2.05) is 49.4 Å². The van der Waals surface area contributed by atoms with Crippen LogP contribution in [0.5, 0.6) is 0 Å². The first kappa shape index (κ1) is 14.4. The highest BCUT2D eigenvalue weighted by molar-refractivity contribution is 9.10. The Morgan fingerprint density at radius 2 is 1.89 bits per heavy atom. The summed E-state index contributed by atoms with van der Waals surface area (Å²) in [6, 6.07) is 13.4. The molecule has 0 fully saturated rings. The Bertz CT molecular complexity index is 557. The highest BCUT2D eigenvalue weighted by Gasteiger charge is 2.14. The number of hydrogen-bond donors (Lipinski definition) is 2. The zero-order valence-corrected chi connectivity index (χ0v) is 12.9. The van der Waals surface area contributed by atoms with Crippen molar-refractivity contribution >= 4 is 33.2 Å². The maximum absolute atomic E-state index is 9.58. The van der Waals surface area contributed by atoms with Gasteiger partial charge in [-0.1, -0.05) is 45.2 Å². The van der Waals surface area contributed by atoms with Crippen molar-refractivity contribution in [3.63, 3.8) is 0 Å². The van der Waals surface area contributed by atoms with Gasteiger partial charge in [-0.25, -0.2) is 0 Å². The zero-order chi connectivity index (χ0) is 13.8. The van der Waals surface area contributed by atoms with Crippen LogP contribution >= 0.6 is 27.5 Å². The second-order valence-electron chi connectivity index (χ2n) is 4.41. The van der Waals surface area contributed by atoms with E-state index in [0.717, 1.165) is 15.7 Å². The van der Waals surface area contributed by atoms with Crippen molar-refractivity contribution in [2.45, 2.75) is 13.0 Å². The average Bonchev–Trinajstić information content (AvgIpc) is 2.41. The lowest BCUT2D eigenvalue weighted by atomic mass is 10.1. The third-order valence-corrected chi connectivity index (χ3v) is 3.87. The van der Waals surface area contributed by atoms with Gasteiger partial charge in [0.05, 0.1) is 12.6 Å². The van der Waals surface area contributed by atoms with Gasteiger partial charge in [-0.05, 0) is 42.8 Å². The van der Waals surface area contributed by atoms with Gasteiger partial charge in [-0.3, -0.25) is 0 Å². The quantitative estimate of drug-likeness (QED) is 0.855. The maximum atomic E-state index is 9.58. The third-order valence-electron chi connectivity index (χ3n) is 2.91. The van der Waals surface area contributed by atoms with Crippen molar-refractivity contribution in [3.05, 3.63) is 63.1 Å². The molecule has 1 unspecified atom stereocenters. The molecular weight excluding hydrogens is 326 g/mol. The molecule has 0 aromatic heterocycles. The van der Waals surface area contributed by atoms with E-state index < -0.39 is 0 Å². The van der Waals surface area contributed by atoms with Gasteiger partial charge < -0.3 is 10.4 Å². The molecule has 2 N–H and O–H groups in total. The molecule has 0 bridgehead atoms. The summed E-state index contributed by atoms with van der Waals surface area (Å²) in [4.78, 5) is 0. The molecule has 100 valence electrons. The first-order valence-corrected chi connectivity index (χ1v) is 7.16. The highest BCUT2D eigenvalue weighted by Crippen LogP contribution is 2.29. The van der Waals surface area contributed by atoms with E-state index in [1.54, 1.807) is 0 Å². The Labute approximate surface area is 126 Å². The Hall–Kier alpha value is -1.03. The van der Waals surface area contributed by atoms with E-state index >= 15 is 0 Å². The fraction of sp³-hybridized carbons (Fsp3) is 0.200. The number of anilines is 1. The van der Waals surface area contributed by atoms with Gasteiger partial charge >= 0.3 is 0 Å². The van der Waals surface area contributed by atoms with Crippen LogP contribution < -0.4 is 5.32 Å². The van der Waals surface area contributed by atoms with E-state index in [-0.39, 0.29) is 12.6 Å². The minimum absolute atomic E-state index is 0.00712. The molecular formula is C15H15BrClNO. The summed E-state index contributed by atoms with van der Waals surface area (Å²) in [6.45, 7) is 2.04. The molecule has 1 atom stereocenters. The van der Waals surface area contributed by atoms with E-state index in [1.165, 1.54) is 5.56 Å². The lowest BCUT2D eigenvalue weighted by molar-refractivity contribution is 0.276. The van der Waals surface area contributed by atoms with Crippen LogP contribution in [-0.2, 0) is 0 Å². The molecule has 19 heavy (non-hydrogen) atoms. The Kier molecular flexibility index (Phi) is 4.86. The SMILES string of the molecule is Cc1ccc(NC(CO)c2cc(Cl)ccc2Br)cc1. The number of benzene rings is 2. The molecule has 2 rings (SSSR count). The topological polar surface area (TPSA) is 32.3 Å². The number of aryl methyl sites for hydroxylation is 1. The average molecular weight is 341 g/mol. The van der Waals surface area contributed by atoms with Gasteiger partial charge in [0.25, 0.3) is 0 Å². The highest BCUT2D eigenvalue weighted by atomic mass is 79.9. The van der Waals surface area contributed by atoms with Gasteiger partial charge in [0.1, 0.15) is 0 Å². The lowest BCUT2D eigenvalue weighted by Crippen LogP contribution is -2.15. The van der Waals surface area contributed by atoms with E-state index in [2.05, 4.69) is 21.2 Å². The van der Waals surface area contributed by atoms with Crippen LogP contribution in [0, 0.1) is 6.92 Å². The summed E-state index contributed by atoms with van der Waals surface area (Å²) in [5.41, 5.74) is 3.11. The van der Waals surface area contributed by atoms with Gasteiger partial charge in [0, 0.05) is 15.2 Å². The minimum Gasteiger partial charge on any atom is -0.394 e. The van der Waals surface area contributed by atoms with Crippen LogP contribution in [0.1, 0.15) is 17.2 Å². The molecule has 0 aliphatic rings. The van der Waals surface area contributed by atoms with E-state index in [4.69, 9.17) is 11.6 Å². The number of halogens is 2. The van der Waals surface area contributed by atoms with Crippen LogP contribution in [0.25, 0.3) is 0 Å². The first-order chi connectivity index (χ1) is 9.10. The molecule has 0 heterocycles. The Morgan fingerprint density at radius 3 is 2.53 bits per heavy atom. The van der Waals surface area contributed by atoms with Crippen molar-refractivity contribution in [2.75, 3.05) is 11.9 Å². The van der Waals surface area contributed by atoms with Gasteiger partial charge in [-0.15, -0.1) is 0 Å². The molecule has 0 saturated heterocycles. The molecule has 2 aromatic carbocycles. The summed E-state index contributed by atoms with van der Waals surface area (Å²) in [5.74, 6) is 0. The van der Waals surface area contributed by atoms with Gasteiger partial charge in [-0.2, -0.15) is 0 Å². The second-order valence-corrected chi connectivity index (χ2v) is 5.70. The molecule has 2 aromatic rings. The number of aliphatic hydroxyl groups is 1. The van der Waals surface area contributed by atoms with Crippen LogP contribution in [0.2, 0.25) is 5.02 Å². The number of aliphatic hydroxyl groups excluding tert-OH is 1. The maximum Gasteiger partial charge on any atom is 0.0756 e. The fourth-order valence-electron chi connectivity index (χ4n) is 1.85. The third kappa shape index (κ3) is 3.72. The zero-order valence-electron chi connectivity index (χ0n) is 10.5. The van der Waals surface area contributed by atoms with Crippen LogP contribution in [0.15, 0.2) is 46.9 Å². The van der Waals surface area contributed by atoms with Crippen molar-refractivity contribution in [3.8, 4) is 0 Å². The van der Waals surface area contributed by atoms with E-state index in [0.29, 0.717) is 5.02 Å². The summed E-state index contributed by atoms with van der Waals surface area (Å²) in [5, 5.41) is 13.5. The summed E-state index contributed by atoms with van der Waals surface area (Å²) in [7, 11) is 0. The normalized spacial score (nSPS) is 12.2. The van der Waals surface area contributed by atoms with Gasteiger partial charge in [0.2, 0.25) is 0 Å². The molecule has 0 radical (unpaired) electrons. The van der Waals surface area contributed by atoms with Crippen molar-refractivity contribution in [1.29, 1.82) is 0 Å². The molecule has 0 amide bonds. The van der Waals surface area contributed by atoms with Crippen molar-refractivity contribution in [1.82, 2.24) is 0 Å². The Morgan fingerprint density at radius 1 is 1.21 bits per heavy atom. The largest absolute Gasteiger partial charge is 0.394 e. The first-order valence-electron chi connectivity index (χ1n) is 5.99. The predicted octanol–water partition coefficient (Wildman–Crippen LogP) is 4.56. The van der Waals surface area contributed by atoms with Crippen molar-refractivity contribution in [2.24, 2.45) is 0 Å². The van der Waals surface area contributed by atoms with Crippen molar-refractivity contribution < 1.29 is 5.11 Å². The van der Waals surface area contributed by atoms with Crippen LogP contribution in [0.3, 0.4) is 0 Å². The van der Waals surface area contributed by atoms with Gasteiger partial charge in [0.15, 0.2) is 0 Å². The number of hydrogen-bond acceptors (Lipinski definition) is 2.